The number of hydrogen-bond acceptors (Lipinski definition) is 2. The molecule has 2 unspecified atom stereocenters. The van der Waals surface area contributed by atoms with Crippen LogP contribution >= 0.6 is 55.1 Å². The van der Waals surface area contributed by atoms with E-state index in [9.17, 15) is 9.59 Å². The highest BCUT2D eigenvalue weighted by atomic mass is 79.9. The van der Waals surface area contributed by atoms with Gasteiger partial charge in [-0.05, 0) is 29.6 Å². The highest BCUT2D eigenvalue weighted by molar-refractivity contribution is 9.12. The van der Waals surface area contributed by atoms with Gasteiger partial charge in [-0.15, -0.1) is 0 Å². The summed E-state index contributed by atoms with van der Waals surface area (Å²) in [5.74, 6) is 0. The molecule has 6 heteroatoms. The first-order valence-corrected chi connectivity index (χ1v) is 5.69. The fourth-order valence-electron chi connectivity index (χ4n) is 0.540. The summed E-state index contributed by atoms with van der Waals surface area (Å²) in [7, 11) is 0. The Bertz CT molecular complexity index is 186. The first-order chi connectivity index (χ1) is 5.45. The summed E-state index contributed by atoms with van der Waals surface area (Å²) in [6, 6.07) is 0. The Balaban J connectivity index is 3.79. The van der Waals surface area contributed by atoms with E-state index in [1.807, 2.05) is 0 Å². The molecule has 0 aliphatic heterocycles. The van der Waals surface area contributed by atoms with E-state index < -0.39 is 15.3 Å². The lowest BCUT2D eigenvalue weighted by atomic mass is 10.2. The molecule has 12 heavy (non-hydrogen) atoms. The standard InChI is InChI=1S/C6H6Br2Cl2O2/c7-3(1-2-4(9)11)5(8)6(10)12/h3,5H,1-2H2. The molecule has 0 radical (unpaired) electrons. The largest absolute Gasteiger partial charge is 0.281 e. The average molecular weight is 341 g/mol. The Morgan fingerprint density at radius 2 is 1.75 bits per heavy atom. The summed E-state index contributed by atoms with van der Waals surface area (Å²) in [4.78, 5) is 20.3. The molecule has 0 amide bonds. The van der Waals surface area contributed by atoms with E-state index in [0.29, 0.717) is 6.42 Å². The summed E-state index contributed by atoms with van der Waals surface area (Å²) in [6.07, 6.45) is 0.709. The SMILES string of the molecule is O=C(Cl)CCC(Br)C(Br)C(=O)Cl. The Kier molecular flexibility index (Phi) is 6.82. The fraction of sp³-hybridized carbons (Fsp3) is 0.667. The van der Waals surface area contributed by atoms with Gasteiger partial charge in [0.05, 0.1) is 0 Å². The van der Waals surface area contributed by atoms with Crippen molar-refractivity contribution < 1.29 is 9.59 Å². The Labute approximate surface area is 97.2 Å². The van der Waals surface area contributed by atoms with Crippen LogP contribution in [0.5, 0.6) is 0 Å². The maximum Gasteiger partial charge on any atom is 0.236 e. The predicted octanol–water partition coefficient (Wildman–Crippen LogP) is 2.82. The maximum absolute atomic E-state index is 10.6. The van der Waals surface area contributed by atoms with E-state index in [2.05, 4.69) is 31.9 Å². The van der Waals surface area contributed by atoms with E-state index in [0.717, 1.165) is 0 Å². The lowest BCUT2D eigenvalue weighted by molar-refractivity contribution is -0.113. The van der Waals surface area contributed by atoms with Gasteiger partial charge >= 0.3 is 0 Å². The summed E-state index contributed by atoms with van der Waals surface area (Å²) in [5, 5.41) is -0.903. The van der Waals surface area contributed by atoms with Crippen molar-refractivity contribution in [3.05, 3.63) is 0 Å². The van der Waals surface area contributed by atoms with Crippen molar-refractivity contribution in [1.82, 2.24) is 0 Å². The third-order valence-corrected chi connectivity index (χ3v) is 4.59. The van der Waals surface area contributed by atoms with Crippen molar-refractivity contribution >= 4 is 65.5 Å². The van der Waals surface area contributed by atoms with Gasteiger partial charge in [0, 0.05) is 11.2 Å². The van der Waals surface area contributed by atoms with Crippen LogP contribution in [-0.4, -0.2) is 20.1 Å². The van der Waals surface area contributed by atoms with Crippen LogP contribution < -0.4 is 0 Å². The van der Waals surface area contributed by atoms with Crippen LogP contribution in [0.2, 0.25) is 0 Å². The van der Waals surface area contributed by atoms with Crippen LogP contribution in [-0.2, 0) is 9.59 Å². The van der Waals surface area contributed by atoms with Crippen LogP contribution in [0.3, 0.4) is 0 Å². The molecule has 70 valence electrons. The average Bonchev–Trinajstić information content (AvgIpc) is 1.98. The van der Waals surface area contributed by atoms with E-state index in [1.165, 1.54) is 0 Å². The zero-order valence-electron chi connectivity index (χ0n) is 5.90. The molecule has 0 saturated heterocycles. The molecular formula is C6H6Br2Cl2O2. The fourth-order valence-corrected chi connectivity index (χ4v) is 1.69. The molecule has 0 aromatic rings. The lowest BCUT2D eigenvalue weighted by Crippen LogP contribution is -2.20. The van der Waals surface area contributed by atoms with E-state index in [-0.39, 0.29) is 11.2 Å². The monoisotopic (exact) mass is 338 g/mol. The van der Waals surface area contributed by atoms with Crippen molar-refractivity contribution in [1.29, 1.82) is 0 Å². The van der Waals surface area contributed by atoms with Gasteiger partial charge in [-0.3, -0.25) is 9.59 Å². The zero-order chi connectivity index (χ0) is 9.72. The number of carbonyl (C=O) groups excluding carboxylic acids is 2. The van der Waals surface area contributed by atoms with Crippen LogP contribution in [0, 0.1) is 0 Å². The summed E-state index contributed by atoms with van der Waals surface area (Å²) < 4.78 is 0. The Hall–Kier alpha value is 0.880. The number of halogens is 4. The van der Waals surface area contributed by atoms with Crippen molar-refractivity contribution in [2.45, 2.75) is 22.5 Å². The smallest absolute Gasteiger partial charge is 0.236 e. The minimum absolute atomic E-state index is 0.162. The molecular weight excluding hydrogens is 335 g/mol. The summed E-state index contributed by atoms with van der Waals surface area (Å²) in [6.45, 7) is 0. The van der Waals surface area contributed by atoms with E-state index >= 15 is 0 Å². The molecule has 0 aromatic carbocycles. The first-order valence-electron chi connectivity index (χ1n) is 3.11. The van der Waals surface area contributed by atoms with E-state index in [1.54, 1.807) is 0 Å². The van der Waals surface area contributed by atoms with Gasteiger partial charge in [0.15, 0.2) is 0 Å². The summed E-state index contributed by atoms with van der Waals surface area (Å²) in [5.41, 5.74) is 0. The normalized spacial score (nSPS) is 15.3. The second-order valence-electron chi connectivity index (χ2n) is 2.12. The zero-order valence-corrected chi connectivity index (χ0v) is 10.6. The molecule has 0 aromatic heterocycles. The molecule has 0 bridgehead atoms. The summed E-state index contributed by atoms with van der Waals surface area (Å²) >= 11 is 16.6. The number of carbonyl (C=O) groups is 2. The number of alkyl halides is 2. The minimum atomic E-state index is -0.487. The van der Waals surface area contributed by atoms with Crippen molar-refractivity contribution in [2.24, 2.45) is 0 Å². The third-order valence-electron chi connectivity index (χ3n) is 1.15. The second kappa shape index (κ2) is 6.35. The van der Waals surface area contributed by atoms with Gasteiger partial charge in [0.25, 0.3) is 0 Å². The topological polar surface area (TPSA) is 34.1 Å². The molecule has 0 N–H and O–H groups in total. The molecule has 0 rings (SSSR count). The van der Waals surface area contributed by atoms with Gasteiger partial charge in [-0.1, -0.05) is 31.9 Å². The molecule has 2 nitrogen and oxygen atoms in total. The molecule has 0 spiro atoms. The van der Waals surface area contributed by atoms with Crippen LogP contribution in [0.25, 0.3) is 0 Å². The Morgan fingerprint density at radius 3 is 2.08 bits per heavy atom. The van der Waals surface area contributed by atoms with Crippen molar-refractivity contribution in [2.75, 3.05) is 0 Å². The van der Waals surface area contributed by atoms with E-state index in [4.69, 9.17) is 23.2 Å². The first kappa shape index (κ1) is 12.9. The lowest BCUT2D eigenvalue weighted by Gasteiger charge is -2.10. The second-order valence-corrected chi connectivity index (χ2v) is 5.07. The predicted molar refractivity (Wildman–Crippen MR) is 56.4 cm³/mol. The Morgan fingerprint density at radius 1 is 1.25 bits per heavy atom. The van der Waals surface area contributed by atoms with Gasteiger partial charge in [-0.2, -0.15) is 0 Å². The highest BCUT2D eigenvalue weighted by Gasteiger charge is 2.21. The van der Waals surface area contributed by atoms with Gasteiger partial charge < -0.3 is 0 Å². The number of hydrogen-bond donors (Lipinski definition) is 0. The molecule has 0 fully saturated rings. The van der Waals surface area contributed by atoms with Crippen LogP contribution in [0.1, 0.15) is 12.8 Å². The van der Waals surface area contributed by atoms with Gasteiger partial charge in [0.1, 0.15) is 4.83 Å². The molecule has 0 aliphatic rings. The minimum Gasteiger partial charge on any atom is -0.281 e. The van der Waals surface area contributed by atoms with Crippen LogP contribution in [0.15, 0.2) is 0 Å². The van der Waals surface area contributed by atoms with Crippen molar-refractivity contribution in [3.63, 3.8) is 0 Å². The third kappa shape index (κ3) is 5.51. The highest BCUT2D eigenvalue weighted by Crippen LogP contribution is 2.21. The van der Waals surface area contributed by atoms with Gasteiger partial charge in [0.2, 0.25) is 10.5 Å². The molecule has 0 aliphatic carbocycles. The molecule has 2 atom stereocenters. The number of rotatable bonds is 5. The quantitative estimate of drug-likeness (QED) is 0.569. The molecule has 0 saturated carbocycles. The molecule has 0 heterocycles. The van der Waals surface area contributed by atoms with Gasteiger partial charge in [-0.25, -0.2) is 0 Å². The van der Waals surface area contributed by atoms with Crippen molar-refractivity contribution in [3.8, 4) is 0 Å². The van der Waals surface area contributed by atoms with Crippen LogP contribution in [0.4, 0.5) is 0 Å². The maximum atomic E-state index is 10.6.